The van der Waals surface area contributed by atoms with E-state index in [1.54, 1.807) is 30.6 Å². The van der Waals surface area contributed by atoms with Crippen LogP contribution in [0.4, 0.5) is 4.39 Å². The van der Waals surface area contributed by atoms with Crippen molar-refractivity contribution in [3.63, 3.8) is 0 Å². The van der Waals surface area contributed by atoms with Gasteiger partial charge < -0.3 is 18.7 Å². The van der Waals surface area contributed by atoms with Gasteiger partial charge in [0.15, 0.2) is 18.0 Å². The number of amides is 1. The van der Waals surface area contributed by atoms with Gasteiger partial charge in [-0.25, -0.2) is 14.4 Å². The molecule has 1 N–H and O–H groups in total. The van der Waals surface area contributed by atoms with Crippen molar-refractivity contribution in [3.8, 4) is 0 Å². The lowest BCUT2D eigenvalue weighted by molar-refractivity contribution is 0.0636. The fourth-order valence-corrected chi connectivity index (χ4v) is 3.43. The van der Waals surface area contributed by atoms with Gasteiger partial charge in [0.2, 0.25) is 5.76 Å². The summed E-state index contributed by atoms with van der Waals surface area (Å²) in [5.41, 5.74) is 1.85. The zero-order valence-electron chi connectivity index (χ0n) is 13.5. The first kappa shape index (κ1) is 14.9. The van der Waals surface area contributed by atoms with E-state index < -0.39 is 11.9 Å². The second-order valence-corrected chi connectivity index (χ2v) is 6.06. The SMILES string of the molecule is O=C(c1cnco1)N1CCc2[nH]cnc2[C@@H]1c1oc2ccccc2c1F. The van der Waals surface area contributed by atoms with Crippen LogP contribution in [0, 0.1) is 5.82 Å². The Bertz CT molecular complexity index is 1100. The van der Waals surface area contributed by atoms with Crippen molar-refractivity contribution in [2.75, 3.05) is 6.54 Å². The summed E-state index contributed by atoms with van der Waals surface area (Å²) < 4.78 is 26.0. The molecule has 3 aromatic heterocycles. The third-order valence-electron chi connectivity index (χ3n) is 4.64. The third-order valence-corrected chi connectivity index (χ3v) is 4.64. The van der Waals surface area contributed by atoms with E-state index >= 15 is 4.39 Å². The summed E-state index contributed by atoms with van der Waals surface area (Å²) in [4.78, 5) is 25.6. The number of hydrogen-bond acceptors (Lipinski definition) is 5. The molecule has 0 saturated carbocycles. The monoisotopic (exact) mass is 352 g/mol. The van der Waals surface area contributed by atoms with Crippen molar-refractivity contribution in [2.24, 2.45) is 0 Å². The van der Waals surface area contributed by atoms with Crippen molar-refractivity contribution in [3.05, 3.63) is 71.9 Å². The zero-order chi connectivity index (χ0) is 17.7. The van der Waals surface area contributed by atoms with E-state index in [1.165, 1.54) is 17.5 Å². The first-order valence-corrected chi connectivity index (χ1v) is 8.12. The highest BCUT2D eigenvalue weighted by Crippen LogP contribution is 2.39. The Morgan fingerprint density at radius 2 is 2.23 bits per heavy atom. The number of nitrogens with one attached hydrogen (secondary N) is 1. The number of aromatic amines is 1. The molecule has 1 amide bonds. The number of hydrogen-bond donors (Lipinski definition) is 1. The molecule has 1 aliphatic heterocycles. The lowest BCUT2D eigenvalue weighted by atomic mass is 9.99. The molecule has 0 fully saturated rings. The van der Waals surface area contributed by atoms with Crippen molar-refractivity contribution in [2.45, 2.75) is 12.5 Å². The average Bonchev–Trinajstić information content (AvgIpc) is 3.41. The van der Waals surface area contributed by atoms with E-state index in [2.05, 4.69) is 15.0 Å². The van der Waals surface area contributed by atoms with E-state index in [0.29, 0.717) is 29.6 Å². The molecule has 7 nitrogen and oxygen atoms in total. The number of carbonyl (C=O) groups is 1. The summed E-state index contributed by atoms with van der Waals surface area (Å²) in [6.45, 7) is 0.371. The lowest BCUT2D eigenvalue weighted by Crippen LogP contribution is -2.40. The van der Waals surface area contributed by atoms with Crippen LogP contribution >= 0.6 is 0 Å². The number of halogens is 1. The van der Waals surface area contributed by atoms with E-state index in [9.17, 15) is 4.79 Å². The molecule has 8 heteroatoms. The third kappa shape index (κ3) is 2.08. The molecule has 0 unspecified atom stereocenters. The van der Waals surface area contributed by atoms with Crippen LogP contribution in [0.2, 0.25) is 0 Å². The summed E-state index contributed by atoms with van der Waals surface area (Å²) in [6, 6.07) is 6.07. The summed E-state index contributed by atoms with van der Waals surface area (Å²) in [5.74, 6) is -0.726. The molecule has 0 radical (unpaired) electrons. The Labute approximate surface area is 146 Å². The topological polar surface area (TPSA) is 88.2 Å². The molecular weight excluding hydrogens is 339 g/mol. The summed E-state index contributed by atoms with van der Waals surface area (Å²) in [6.07, 6.45) is 4.65. The van der Waals surface area contributed by atoms with Crippen molar-refractivity contribution in [1.29, 1.82) is 0 Å². The lowest BCUT2D eigenvalue weighted by Gasteiger charge is -2.33. The van der Waals surface area contributed by atoms with Crippen LogP contribution in [-0.2, 0) is 6.42 Å². The molecule has 4 aromatic rings. The number of aromatic nitrogens is 3. The number of para-hydroxylation sites is 1. The largest absolute Gasteiger partial charge is 0.455 e. The maximum atomic E-state index is 15.1. The van der Waals surface area contributed by atoms with Crippen LogP contribution in [0.5, 0.6) is 0 Å². The summed E-state index contributed by atoms with van der Waals surface area (Å²) >= 11 is 0. The number of imidazole rings is 1. The zero-order valence-corrected chi connectivity index (χ0v) is 13.5. The number of benzene rings is 1. The van der Waals surface area contributed by atoms with Crippen LogP contribution in [0.25, 0.3) is 11.0 Å². The van der Waals surface area contributed by atoms with Gasteiger partial charge in [0.1, 0.15) is 11.6 Å². The van der Waals surface area contributed by atoms with Crippen LogP contribution in [0.15, 0.2) is 52.0 Å². The van der Waals surface area contributed by atoms with Gasteiger partial charge in [-0.3, -0.25) is 4.79 Å². The molecular formula is C18H13FN4O3. The molecule has 0 aliphatic carbocycles. The standard InChI is InChI=1S/C18H13FN4O3/c19-14-10-3-1-2-4-12(10)26-17(14)16-15-11(21-8-22-15)5-6-23(16)18(24)13-7-20-9-25-13/h1-4,7-9,16H,5-6H2,(H,21,22)/t16-/m1/s1. The minimum absolute atomic E-state index is 0.0621. The molecule has 1 atom stereocenters. The maximum absolute atomic E-state index is 15.1. The van der Waals surface area contributed by atoms with Gasteiger partial charge in [0, 0.05) is 18.7 Å². The van der Waals surface area contributed by atoms with Crippen molar-refractivity contribution in [1.82, 2.24) is 19.9 Å². The molecule has 0 saturated heterocycles. The number of nitrogens with zero attached hydrogens (tertiary/aromatic N) is 3. The number of oxazole rings is 1. The summed E-state index contributed by atoms with van der Waals surface area (Å²) in [5, 5.41) is 0.372. The van der Waals surface area contributed by atoms with Gasteiger partial charge in [0.25, 0.3) is 5.91 Å². The molecule has 4 heterocycles. The highest BCUT2D eigenvalue weighted by Gasteiger charge is 2.39. The van der Waals surface area contributed by atoms with Gasteiger partial charge in [-0.1, -0.05) is 12.1 Å². The number of carbonyl (C=O) groups excluding carboxylic acids is 1. The molecule has 5 rings (SSSR count). The molecule has 0 bridgehead atoms. The number of H-pyrrole nitrogens is 1. The van der Waals surface area contributed by atoms with Crippen LogP contribution in [0.3, 0.4) is 0 Å². The maximum Gasteiger partial charge on any atom is 0.292 e. The molecule has 26 heavy (non-hydrogen) atoms. The number of rotatable bonds is 2. The predicted octanol–water partition coefficient (Wildman–Crippen LogP) is 3.07. The fourth-order valence-electron chi connectivity index (χ4n) is 3.43. The van der Waals surface area contributed by atoms with Crippen molar-refractivity contribution < 1.29 is 18.0 Å². The Morgan fingerprint density at radius 3 is 3.04 bits per heavy atom. The van der Waals surface area contributed by atoms with E-state index in [0.717, 1.165) is 5.69 Å². The Balaban J connectivity index is 1.69. The first-order valence-electron chi connectivity index (χ1n) is 8.12. The van der Waals surface area contributed by atoms with E-state index in [-0.39, 0.29) is 17.4 Å². The first-order chi connectivity index (χ1) is 12.7. The van der Waals surface area contributed by atoms with Crippen molar-refractivity contribution >= 4 is 16.9 Å². The molecule has 0 spiro atoms. The minimum Gasteiger partial charge on any atom is -0.455 e. The second kappa shape index (κ2) is 5.55. The van der Waals surface area contributed by atoms with E-state index in [4.69, 9.17) is 8.83 Å². The van der Waals surface area contributed by atoms with Crippen LogP contribution in [-0.4, -0.2) is 32.3 Å². The minimum atomic E-state index is -0.782. The predicted molar refractivity (Wildman–Crippen MR) is 87.8 cm³/mol. The molecule has 130 valence electrons. The fraction of sp³-hybridized carbons (Fsp3) is 0.167. The Kier molecular flexibility index (Phi) is 3.18. The van der Waals surface area contributed by atoms with Gasteiger partial charge >= 0.3 is 0 Å². The Morgan fingerprint density at radius 1 is 1.35 bits per heavy atom. The van der Waals surface area contributed by atoms with Gasteiger partial charge in [-0.15, -0.1) is 0 Å². The average molecular weight is 352 g/mol. The molecule has 1 aliphatic rings. The highest BCUT2D eigenvalue weighted by molar-refractivity contribution is 5.92. The van der Waals surface area contributed by atoms with Gasteiger partial charge in [0.05, 0.1) is 23.6 Å². The normalized spacial score (nSPS) is 16.8. The Hall–Kier alpha value is -3.42. The van der Waals surface area contributed by atoms with Crippen LogP contribution in [0.1, 0.15) is 33.7 Å². The highest BCUT2D eigenvalue weighted by atomic mass is 19.1. The second-order valence-electron chi connectivity index (χ2n) is 6.06. The van der Waals surface area contributed by atoms with Gasteiger partial charge in [-0.2, -0.15) is 0 Å². The van der Waals surface area contributed by atoms with E-state index in [1.807, 2.05) is 0 Å². The van der Waals surface area contributed by atoms with Gasteiger partial charge in [-0.05, 0) is 12.1 Å². The number of furan rings is 1. The number of fused-ring (bicyclic) bond motifs is 2. The smallest absolute Gasteiger partial charge is 0.292 e. The quantitative estimate of drug-likeness (QED) is 0.599. The van der Waals surface area contributed by atoms with Crippen LogP contribution < -0.4 is 0 Å². The summed E-state index contributed by atoms with van der Waals surface area (Å²) in [7, 11) is 0. The molecule has 1 aromatic carbocycles.